The van der Waals surface area contributed by atoms with Crippen molar-refractivity contribution in [3.63, 3.8) is 0 Å². The van der Waals surface area contributed by atoms with Crippen LogP contribution in [0.4, 0.5) is 0 Å². The lowest BCUT2D eigenvalue weighted by Gasteiger charge is -2.35. The summed E-state index contributed by atoms with van der Waals surface area (Å²) in [4.78, 5) is 93.8. The molecule has 0 spiro atoms. The molecular formula is C38H38N6O11. The minimum Gasteiger partial charge on any atom is -0.496 e. The molecule has 7 rings (SSSR count). The molecule has 2 N–H and O–H groups in total. The van der Waals surface area contributed by atoms with Gasteiger partial charge in [-0.1, -0.05) is 6.07 Å². The van der Waals surface area contributed by atoms with Crippen LogP contribution in [0.2, 0.25) is 0 Å². The minimum atomic E-state index is -1.10. The molecule has 286 valence electrons. The van der Waals surface area contributed by atoms with E-state index >= 15 is 0 Å². The summed E-state index contributed by atoms with van der Waals surface area (Å²) >= 11 is 0. The monoisotopic (exact) mass is 754 g/mol. The Morgan fingerprint density at radius 3 is 2.29 bits per heavy atom. The molecule has 3 aliphatic rings. The molecule has 0 radical (unpaired) electrons. The molecule has 4 aromatic rings. The molecule has 2 aromatic heterocycles. The van der Waals surface area contributed by atoms with Gasteiger partial charge in [0, 0.05) is 70.3 Å². The summed E-state index contributed by atoms with van der Waals surface area (Å²) in [7, 11) is 4.89. The molecule has 2 fully saturated rings. The number of pyridine rings is 2. The van der Waals surface area contributed by atoms with Crippen molar-refractivity contribution in [3.05, 3.63) is 82.0 Å². The average Bonchev–Trinajstić information content (AvgIpc) is 3.44. The number of aromatic nitrogens is 2. The Hall–Kier alpha value is -6.62. The molecule has 3 aliphatic heterocycles. The zero-order valence-corrected chi connectivity index (χ0v) is 30.3. The van der Waals surface area contributed by atoms with Crippen LogP contribution in [-0.4, -0.2) is 118 Å². The number of ether oxygens (including phenoxy) is 3. The van der Waals surface area contributed by atoms with Crippen molar-refractivity contribution in [2.24, 2.45) is 7.05 Å². The predicted molar refractivity (Wildman–Crippen MR) is 195 cm³/mol. The molecule has 17 nitrogen and oxygen atoms in total. The number of carbonyl (C=O) groups is 6. The summed E-state index contributed by atoms with van der Waals surface area (Å²) in [5, 5.41) is 10.3. The lowest BCUT2D eigenvalue weighted by molar-refractivity contribution is -0.136. The van der Waals surface area contributed by atoms with Crippen LogP contribution in [0.25, 0.3) is 21.9 Å². The van der Waals surface area contributed by atoms with Crippen molar-refractivity contribution in [2.75, 3.05) is 47.0 Å². The molecule has 0 aliphatic carbocycles. The molecule has 0 saturated carbocycles. The third-order valence-electron chi connectivity index (χ3n) is 9.79. The number of carbonyl (C=O) groups excluding carboxylic acids is 5. The third kappa shape index (κ3) is 7.46. The molecule has 5 heterocycles. The third-order valence-corrected chi connectivity index (χ3v) is 9.79. The number of piperazine rings is 1. The number of aryl methyl sites for hydroxylation is 1. The molecular weight excluding hydrogens is 716 g/mol. The van der Waals surface area contributed by atoms with Gasteiger partial charge in [0.05, 0.1) is 36.3 Å². The molecule has 17 heteroatoms. The van der Waals surface area contributed by atoms with Gasteiger partial charge in [-0.3, -0.25) is 53.7 Å². The highest BCUT2D eigenvalue weighted by atomic mass is 16.5. The second-order valence-corrected chi connectivity index (χ2v) is 12.9. The molecule has 2 aromatic carbocycles. The number of nitrogens with zero attached hydrogens (tertiary/aromatic N) is 5. The fourth-order valence-electron chi connectivity index (χ4n) is 7.05. The predicted octanol–water partition coefficient (Wildman–Crippen LogP) is 1.44. The second kappa shape index (κ2) is 16.2. The van der Waals surface area contributed by atoms with E-state index in [1.54, 1.807) is 50.8 Å². The second-order valence-electron chi connectivity index (χ2n) is 12.9. The first-order chi connectivity index (χ1) is 26.5. The van der Waals surface area contributed by atoms with Gasteiger partial charge in [-0.2, -0.15) is 0 Å². The Balaban J connectivity index is 0.00000166. The van der Waals surface area contributed by atoms with Gasteiger partial charge in [0.25, 0.3) is 29.8 Å². The maximum Gasteiger partial charge on any atom is 0.290 e. The van der Waals surface area contributed by atoms with E-state index in [9.17, 15) is 28.8 Å². The number of nitrogens with one attached hydrogen (secondary N) is 1. The van der Waals surface area contributed by atoms with Crippen molar-refractivity contribution in [1.29, 1.82) is 0 Å². The quantitative estimate of drug-likeness (QED) is 0.184. The van der Waals surface area contributed by atoms with Gasteiger partial charge in [-0.25, -0.2) is 0 Å². The van der Waals surface area contributed by atoms with Crippen LogP contribution in [0.1, 0.15) is 39.1 Å². The van der Waals surface area contributed by atoms with E-state index in [4.69, 9.17) is 24.1 Å². The zero-order chi connectivity index (χ0) is 39.4. The number of fused-ring (bicyclic) bond motifs is 2. The van der Waals surface area contributed by atoms with Gasteiger partial charge in [-0.05, 0) is 47.7 Å². The Bertz CT molecular complexity index is 2240. The van der Waals surface area contributed by atoms with Gasteiger partial charge in [-0.15, -0.1) is 0 Å². The van der Waals surface area contributed by atoms with E-state index in [2.05, 4.69) is 15.2 Å². The van der Waals surface area contributed by atoms with Crippen LogP contribution in [0, 0.1) is 0 Å². The number of benzene rings is 2. The van der Waals surface area contributed by atoms with Gasteiger partial charge in [0.1, 0.15) is 23.3 Å². The van der Waals surface area contributed by atoms with Crippen LogP contribution in [0.3, 0.4) is 0 Å². The fourth-order valence-corrected chi connectivity index (χ4v) is 7.05. The summed E-state index contributed by atoms with van der Waals surface area (Å²) in [6.07, 6.45) is 5.05. The topological polar surface area (TPSA) is 207 Å². The Morgan fingerprint density at radius 2 is 1.64 bits per heavy atom. The van der Waals surface area contributed by atoms with Gasteiger partial charge in [0.2, 0.25) is 11.8 Å². The normalized spacial score (nSPS) is 17.0. The van der Waals surface area contributed by atoms with E-state index in [-0.39, 0.29) is 54.3 Å². The summed E-state index contributed by atoms with van der Waals surface area (Å²) in [5.41, 5.74) is 2.42. The molecule has 1 unspecified atom stereocenters. The summed E-state index contributed by atoms with van der Waals surface area (Å²) < 4.78 is 19.0. The van der Waals surface area contributed by atoms with Gasteiger partial charge in [0.15, 0.2) is 6.61 Å². The van der Waals surface area contributed by atoms with Crippen molar-refractivity contribution in [1.82, 2.24) is 29.6 Å². The van der Waals surface area contributed by atoms with Crippen molar-refractivity contribution >= 4 is 46.8 Å². The summed E-state index contributed by atoms with van der Waals surface area (Å²) in [6.45, 7) is 1.88. The number of hydrogen-bond acceptors (Lipinski definition) is 12. The van der Waals surface area contributed by atoms with E-state index in [0.29, 0.717) is 49.6 Å². The fraction of sp³-hybridized carbons (Fsp3) is 0.316. The molecule has 5 amide bonds. The lowest BCUT2D eigenvalue weighted by Crippen LogP contribution is -2.54. The number of hydrogen-bond donors (Lipinski definition) is 2. The van der Waals surface area contributed by atoms with Crippen LogP contribution in [0.15, 0.2) is 59.8 Å². The van der Waals surface area contributed by atoms with Crippen LogP contribution >= 0.6 is 0 Å². The van der Waals surface area contributed by atoms with Gasteiger partial charge < -0.3 is 28.8 Å². The maximum atomic E-state index is 13.4. The largest absolute Gasteiger partial charge is 0.496 e. The van der Waals surface area contributed by atoms with Crippen LogP contribution in [0.5, 0.6) is 17.2 Å². The van der Waals surface area contributed by atoms with Crippen LogP contribution in [-0.2, 0) is 32.8 Å². The van der Waals surface area contributed by atoms with Crippen molar-refractivity contribution < 1.29 is 48.1 Å². The Labute approximate surface area is 314 Å². The molecule has 0 bridgehead atoms. The summed E-state index contributed by atoms with van der Waals surface area (Å²) in [5.74, 6) is -1.48. The maximum absolute atomic E-state index is 13.4. The average molecular weight is 755 g/mol. The minimum absolute atomic E-state index is 0.00904. The molecule has 1 atom stereocenters. The van der Waals surface area contributed by atoms with Gasteiger partial charge >= 0.3 is 0 Å². The first kappa shape index (κ1) is 38.1. The smallest absolute Gasteiger partial charge is 0.290 e. The number of carboxylic acid groups (broad SMARTS) is 1. The highest BCUT2D eigenvalue weighted by molar-refractivity contribution is 6.24. The van der Waals surface area contributed by atoms with Crippen molar-refractivity contribution in [3.8, 4) is 28.4 Å². The lowest BCUT2D eigenvalue weighted by atomic mass is 9.99. The number of imide groups is 2. The Kier molecular flexibility index (Phi) is 11.2. The SMILES string of the molecule is COc1cc(-c2cn(C)c(=O)c3cnccc23)cc(OC)c1CN1CCN(C(=O)COc2cccc3c2C(=O)N(C2CCC(=O)NC2=O)C3=O)CC1.O=CO. The summed E-state index contributed by atoms with van der Waals surface area (Å²) in [6, 6.07) is 9.09. The zero-order valence-electron chi connectivity index (χ0n) is 30.3. The number of amides is 5. The molecule has 55 heavy (non-hydrogen) atoms. The van der Waals surface area contributed by atoms with Crippen molar-refractivity contribution in [2.45, 2.75) is 25.4 Å². The first-order valence-corrected chi connectivity index (χ1v) is 17.2. The first-order valence-electron chi connectivity index (χ1n) is 17.2. The van der Waals surface area contributed by atoms with E-state index in [1.807, 2.05) is 18.2 Å². The highest BCUT2D eigenvalue weighted by Crippen LogP contribution is 2.38. The van der Waals surface area contributed by atoms with E-state index < -0.39 is 29.7 Å². The number of methoxy groups -OCH3 is 2. The number of piperidine rings is 1. The number of rotatable bonds is 9. The van der Waals surface area contributed by atoms with Crippen LogP contribution < -0.4 is 25.1 Å². The highest BCUT2D eigenvalue weighted by Gasteiger charge is 2.46. The van der Waals surface area contributed by atoms with E-state index in [0.717, 1.165) is 27.0 Å². The molecule has 2 saturated heterocycles. The standard InChI is InChI=1S/C37H36N6O9.CH2O2/c1-40-18-25(22-9-10-38-17-24(22)35(40)47)21-15-29(50-2)26(30(16-21)51-3)19-41-11-13-42(14-12-41)32(45)20-52-28-6-4-5-23-33(28)37(49)43(36(23)48)27-7-8-31(44)39-34(27)46;2-1-3/h4-6,9-10,15-18,27H,7-8,11-14,19-20H2,1-3H3,(H,39,44,46);1H,(H,2,3). The van der Waals surface area contributed by atoms with E-state index in [1.165, 1.54) is 16.7 Å². The Morgan fingerprint density at radius 1 is 0.945 bits per heavy atom.